The van der Waals surface area contributed by atoms with Gasteiger partial charge in [0, 0.05) is 15.7 Å². The van der Waals surface area contributed by atoms with Gasteiger partial charge in [0.2, 0.25) is 0 Å². The highest BCUT2D eigenvalue weighted by molar-refractivity contribution is 7.99. The average Bonchev–Trinajstić information content (AvgIpc) is 3.08. The Hall–Kier alpha value is -4.53. The van der Waals surface area contributed by atoms with E-state index in [1.165, 1.54) is 64.4 Å². The first-order valence-corrected chi connectivity index (χ1v) is 16.4. The van der Waals surface area contributed by atoms with E-state index in [1.54, 1.807) is 12.1 Å². The van der Waals surface area contributed by atoms with Crippen LogP contribution in [0.25, 0.3) is 32.3 Å². The highest BCUT2D eigenvalue weighted by Gasteiger charge is 2.31. The van der Waals surface area contributed by atoms with Crippen molar-refractivity contribution in [3.8, 4) is 5.75 Å². The maximum Gasteiger partial charge on any atom is 0.115 e. The summed E-state index contributed by atoms with van der Waals surface area (Å²) < 4.78 is 0. The van der Waals surface area contributed by atoms with Crippen molar-refractivity contribution >= 4 is 44.1 Å². The Morgan fingerprint density at radius 2 is 1.00 bits per heavy atom. The maximum absolute atomic E-state index is 8.94. The van der Waals surface area contributed by atoms with Gasteiger partial charge < -0.3 is 5.11 Å². The summed E-state index contributed by atoms with van der Waals surface area (Å²) in [4.78, 5) is 2.73. The molecule has 0 saturated heterocycles. The Labute approximate surface area is 265 Å². The van der Waals surface area contributed by atoms with Crippen LogP contribution >= 0.6 is 11.8 Å². The van der Waals surface area contributed by atoms with E-state index < -0.39 is 0 Å². The number of fused-ring (bicyclic) bond motifs is 7. The summed E-state index contributed by atoms with van der Waals surface area (Å²) in [5, 5.41) is 16.9. The Kier molecular flexibility index (Phi) is 8.72. The molecule has 0 aliphatic carbocycles. The van der Waals surface area contributed by atoms with E-state index in [1.807, 2.05) is 37.7 Å². The molecule has 0 fully saturated rings. The molecule has 0 unspecified atom stereocenters. The number of hydrogen-bond acceptors (Lipinski definition) is 2. The fourth-order valence-electron chi connectivity index (χ4n) is 6.17. The molecular formula is C42H38OS. The summed E-state index contributed by atoms with van der Waals surface area (Å²) in [6, 6.07) is 49.8. The third-order valence-electron chi connectivity index (χ3n) is 8.33. The molecule has 218 valence electrons. The van der Waals surface area contributed by atoms with Crippen LogP contribution in [0.4, 0.5) is 0 Å². The van der Waals surface area contributed by atoms with E-state index in [2.05, 4.69) is 129 Å². The zero-order valence-electron chi connectivity index (χ0n) is 25.8. The molecule has 0 atom stereocenters. The van der Waals surface area contributed by atoms with Gasteiger partial charge >= 0.3 is 0 Å². The molecule has 1 aliphatic heterocycles. The van der Waals surface area contributed by atoms with E-state index in [0.717, 1.165) is 0 Å². The normalized spacial score (nSPS) is 12.2. The van der Waals surface area contributed by atoms with Crippen LogP contribution in [0.15, 0.2) is 149 Å². The monoisotopic (exact) mass is 590 g/mol. The zero-order chi connectivity index (χ0) is 30.6. The minimum absolute atomic E-state index is 0.197. The maximum atomic E-state index is 8.94. The van der Waals surface area contributed by atoms with Crippen LogP contribution in [0.5, 0.6) is 5.75 Å². The van der Waals surface area contributed by atoms with Crippen LogP contribution in [0, 0.1) is 0 Å². The second kappa shape index (κ2) is 13.0. The number of rotatable bonds is 2. The molecule has 0 spiro atoms. The quantitative estimate of drug-likeness (QED) is 0.216. The van der Waals surface area contributed by atoms with Gasteiger partial charge in [0.1, 0.15) is 5.75 Å². The van der Waals surface area contributed by atoms with E-state index in [9.17, 15) is 0 Å². The second-order valence-corrected chi connectivity index (χ2v) is 12.4. The average molecular weight is 591 g/mol. The first-order chi connectivity index (χ1) is 21.6. The second-order valence-electron chi connectivity index (χ2n) is 11.3. The summed E-state index contributed by atoms with van der Waals surface area (Å²) >= 11 is 1.91. The molecule has 1 N–H and O–H groups in total. The smallest absolute Gasteiger partial charge is 0.115 e. The van der Waals surface area contributed by atoms with Crippen molar-refractivity contribution in [1.29, 1.82) is 0 Å². The van der Waals surface area contributed by atoms with Gasteiger partial charge in [0.25, 0.3) is 0 Å². The van der Waals surface area contributed by atoms with E-state index in [-0.39, 0.29) is 5.92 Å². The van der Waals surface area contributed by atoms with Gasteiger partial charge in [0.15, 0.2) is 0 Å². The van der Waals surface area contributed by atoms with Crippen LogP contribution in [-0.4, -0.2) is 5.11 Å². The van der Waals surface area contributed by atoms with Crippen molar-refractivity contribution in [2.75, 3.05) is 0 Å². The SMILES string of the molecule is CC.CC(C)c1ccc(O)cc1.c1ccc2cc(C3c4c(ccc5ccccc45)Sc4ccc5ccccc5c43)ccc2c1. The van der Waals surface area contributed by atoms with Gasteiger partial charge in [-0.1, -0.05) is 155 Å². The molecule has 1 heterocycles. The van der Waals surface area contributed by atoms with Crippen molar-refractivity contribution in [1.82, 2.24) is 0 Å². The van der Waals surface area contributed by atoms with Gasteiger partial charge in [-0.15, -0.1) is 0 Å². The lowest BCUT2D eigenvalue weighted by Crippen LogP contribution is -2.11. The molecule has 1 aliphatic rings. The van der Waals surface area contributed by atoms with Crippen molar-refractivity contribution < 1.29 is 5.11 Å². The third-order valence-corrected chi connectivity index (χ3v) is 9.48. The molecule has 8 rings (SSSR count). The summed E-state index contributed by atoms with van der Waals surface area (Å²) in [5.41, 5.74) is 5.50. The van der Waals surface area contributed by atoms with Crippen LogP contribution in [-0.2, 0) is 0 Å². The lowest BCUT2D eigenvalue weighted by atomic mass is 9.80. The van der Waals surface area contributed by atoms with Crippen molar-refractivity contribution in [2.24, 2.45) is 0 Å². The highest BCUT2D eigenvalue weighted by atomic mass is 32.2. The van der Waals surface area contributed by atoms with Gasteiger partial charge in [-0.05, 0) is 84.8 Å². The molecule has 0 saturated carbocycles. The van der Waals surface area contributed by atoms with Gasteiger partial charge in [-0.3, -0.25) is 0 Å². The molecule has 7 aromatic carbocycles. The van der Waals surface area contributed by atoms with Gasteiger partial charge in [-0.25, -0.2) is 0 Å². The number of phenolic OH excluding ortho intramolecular Hbond substituents is 1. The Morgan fingerprint density at radius 3 is 1.55 bits per heavy atom. The lowest BCUT2D eigenvalue weighted by Gasteiger charge is -2.31. The highest BCUT2D eigenvalue weighted by Crippen LogP contribution is 2.53. The van der Waals surface area contributed by atoms with Gasteiger partial charge in [0.05, 0.1) is 0 Å². The summed E-state index contributed by atoms with van der Waals surface area (Å²) in [6.45, 7) is 8.26. The van der Waals surface area contributed by atoms with Crippen molar-refractivity contribution in [3.63, 3.8) is 0 Å². The Bertz CT molecular complexity index is 1970. The fraction of sp³-hybridized carbons (Fsp3) is 0.143. The number of hydrogen-bond donors (Lipinski definition) is 1. The number of benzene rings is 7. The fourth-order valence-corrected chi connectivity index (χ4v) is 7.35. The number of aromatic hydroxyl groups is 1. The molecule has 1 nitrogen and oxygen atoms in total. The van der Waals surface area contributed by atoms with E-state index in [0.29, 0.717) is 11.7 Å². The lowest BCUT2D eigenvalue weighted by molar-refractivity contribution is 0.475. The first-order valence-electron chi connectivity index (χ1n) is 15.6. The zero-order valence-corrected chi connectivity index (χ0v) is 26.6. The number of phenols is 1. The van der Waals surface area contributed by atoms with Crippen LogP contribution in [0.2, 0.25) is 0 Å². The topological polar surface area (TPSA) is 20.2 Å². The minimum Gasteiger partial charge on any atom is -0.508 e. The largest absolute Gasteiger partial charge is 0.508 e. The Morgan fingerprint density at radius 1 is 0.523 bits per heavy atom. The third kappa shape index (κ3) is 5.70. The Balaban J connectivity index is 0.000000244. The first kappa shape index (κ1) is 29.5. The van der Waals surface area contributed by atoms with Crippen molar-refractivity contribution in [3.05, 3.63) is 162 Å². The predicted molar refractivity (Wildman–Crippen MR) is 190 cm³/mol. The van der Waals surface area contributed by atoms with E-state index in [4.69, 9.17) is 5.11 Å². The van der Waals surface area contributed by atoms with Crippen LogP contribution in [0.1, 0.15) is 61.8 Å². The summed E-state index contributed by atoms with van der Waals surface area (Å²) in [5.74, 6) is 1.08. The molecule has 0 amide bonds. The molecule has 0 aromatic heterocycles. The summed E-state index contributed by atoms with van der Waals surface area (Å²) in [7, 11) is 0. The summed E-state index contributed by atoms with van der Waals surface area (Å²) in [6.07, 6.45) is 0. The predicted octanol–water partition coefficient (Wildman–Crippen LogP) is 12.3. The molecule has 0 bridgehead atoms. The van der Waals surface area contributed by atoms with Gasteiger partial charge in [-0.2, -0.15) is 0 Å². The molecule has 0 radical (unpaired) electrons. The molecule has 44 heavy (non-hydrogen) atoms. The van der Waals surface area contributed by atoms with E-state index >= 15 is 0 Å². The molecule has 7 aromatic rings. The van der Waals surface area contributed by atoms with Crippen LogP contribution in [0.3, 0.4) is 0 Å². The standard InChI is InChI=1S/C31H20S.C9H12O.C2H6/c1-2-10-23-19-24(14-13-20(23)7-1)29-30-25-11-5-3-8-21(25)15-17-27(30)32-28-18-16-22-9-4-6-12-26(22)31(28)29;1-7(2)8-3-5-9(10)6-4-8;1-2/h1-19,29H;3-7,10H,1-2H3;1-2H3. The minimum atomic E-state index is 0.197. The van der Waals surface area contributed by atoms with Crippen LogP contribution < -0.4 is 0 Å². The molecule has 2 heteroatoms. The molecular weight excluding hydrogens is 553 g/mol. The van der Waals surface area contributed by atoms with Crippen molar-refractivity contribution in [2.45, 2.75) is 49.3 Å².